The molecule has 2 N–H and O–H groups in total. The summed E-state index contributed by atoms with van der Waals surface area (Å²) in [6.07, 6.45) is 1.71. The number of aryl methyl sites for hydroxylation is 1. The summed E-state index contributed by atoms with van der Waals surface area (Å²) in [6, 6.07) is 1.07. The lowest BCUT2D eigenvalue weighted by molar-refractivity contribution is 0.0651. The Labute approximate surface area is 105 Å². The summed E-state index contributed by atoms with van der Waals surface area (Å²) in [4.78, 5) is 27.3. The van der Waals surface area contributed by atoms with Gasteiger partial charge in [0.15, 0.2) is 5.69 Å². The van der Waals surface area contributed by atoms with E-state index in [0.717, 1.165) is 16.0 Å². The van der Waals surface area contributed by atoms with Crippen molar-refractivity contribution in [2.45, 2.75) is 13.5 Å². The summed E-state index contributed by atoms with van der Waals surface area (Å²) in [5.74, 6) is -2.14. The molecule has 0 aliphatic carbocycles. The number of carbonyl (C=O) groups excluding carboxylic acids is 1. The molecule has 0 aliphatic rings. The fourth-order valence-corrected chi connectivity index (χ4v) is 1.94. The van der Waals surface area contributed by atoms with Gasteiger partial charge < -0.3 is 14.9 Å². The fraction of sp³-hybridized carbons (Fsp3) is 0.200. The van der Waals surface area contributed by atoms with Gasteiger partial charge in [-0.3, -0.25) is 4.79 Å². The van der Waals surface area contributed by atoms with Crippen LogP contribution in [0.15, 0.2) is 16.8 Å². The van der Waals surface area contributed by atoms with E-state index in [4.69, 9.17) is 5.11 Å². The van der Waals surface area contributed by atoms with Gasteiger partial charge in [-0.1, -0.05) is 5.16 Å². The second kappa shape index (κ2) is 4.96. The summed E-state index contributed by atoms with van der Waals surface area (Å²) >= 11 is 1.47. The molecule has 1 amide bonds. The van der Waals surface area contributed by atoms with Crippen LogP contribution >= 0.6 is 11.3 Å². The number of amides is 1. The van der Waals surface area contributed by atoms with Crippen molar-refractivity contribution in [3.05, 3.63) is 33.6 Å². The predicted octanol–water partition coefficient (Wildman–Crippen LogP) is 1.07. The number of rotatable bonds is 4. The third-order valence-electron chi connectivity index (χ3n) is 2.02. The maximum absolute atomic E-state index is 11.6. The van der Waals surface area contributed by atoms with Crippen molar-refractivity contribution in [3.63, 3.8) is 0 Å². The van der Waals surface area contributed by atoms with Gasteiger partial charge in [0, 0.05) is 17.1 Å². The van der Waals surface area contributed by atoms with Gasteiger partial charge in [-0.15, -0.1) is 11.3 Å². The van der Waals surface area contributed by atoms with E-state index < -0.39 is 11.9 Å². The molecule has 0 unspecified atom stereocenters. The summed E-state index contributed by atoms with van der Waals surface area (Å²) in [7, 11) is 0. The molecule has 94 valence electrons. The average Bonchev–Trinajstić information content (AvgIpc) is 2.94. The first kappa shape index (κ1) is 12.2. The molecule has 0 saturated carbocycles. The molecule has 0 radical (unpaired) electrons. The first-order chi connectivity index (χ1) is 8.56. The molecule has 0 aromatic carbocycles. The highest BCUT2D eigenvalue weighted by Crippen LogP contribution is 2.11. The lowest BCUT2D eigenvalue weighted by Crippen LogP contribution is -2.22. The van der Waals surface area contributed by atoms with Crippen molar-refractivity contribution < 1.29 is 19.2 Å². The SMILES string of the molecule is Cc1cnc(CNC(=O)c2cc(C(=O)O)on2)s1. The van der Waals surface area contributed by atoms with Crippen LogP contribution < -0.4 is 5.32 Å². The zero-order valence-corrected chi connectivity index (χ0v) is 10.2. The molecule has 0 bridgehead atoms. The topological polar surface area (TPSA) is 105 Å². The molecule has 0 fully saturated rings. The molecular formula is C10H9N3O4S. The van der Waals surface area contributed by atoms with Gasteiger partial charge in [0.1, 0.15) is 5.01 Å². The Balaban J connectivity index is 1.97. The van der Waals surface area contributed by atoms with Crippen molar-refractivity contribution in [1.29, 1.82) is 0 Å². The number of thiazole rings is 1. The predicted molar refractivity (Wildman–Crippen MR) is 61.5 cm³/mol. The quantitative estimate of drug-likeness (QED) is 0.858. The molecule has 18 heavy (non-hydrogen) atoms. The summed E-state index contributed by atoms with van der Waals surface area (Å²) in [5.41, 5.74) is -0.0688. The Morgan fingerprint density at radius 2 is 2.33 bits per heavy atom. The molecule has 2 heterocycles. The van der Waals surface area contributed by atoms with Gasteiger partial charge in [0.05, 0.1) is 6.54 Å². The molecule has 0 saturated heterocycles. The minimum Gasteiger partial charge on any atom is -0.475 e. The number of aromatic nitrogens is 2. The molecule has 8 heteroatoms. The van der Waals surface area contributed by atoms with E-state index in [9.17, 15) is 9.59 Å². The summed E-state index contributed by atoms with van der Waals surface area (Å²) in [6.45, 7) is 2.19. The first-order valence-corrected chi connectivity index (χ1v) is 5.77. The largest absolute Gasteiger partial charge is 0.475 e. The Morgan fingerprint density at radius 3 is 2.89 bits per heavy atom. The lowest BCUT2D eigenvalue weighted by Gasteiger charge is -1.98. The number of hydrogen-bond acceptors (Lipinski definition) is 6. The summed E-state index contributed by atoms with van der Waals surface area (Å²) in [5, 5.41) is 15.3. The first-order valence-electron chi connectivity index (χ1n) is 4.96. The van der Waals surface area contributed by atoms with Crippen molar-refractivity contribution in [1.82, 2.24) is 15.5 Å². The minimum absolute atomic E-state index is 0.0688. The smallest absolute Gasteiger partial charge is 0.374 e. The Morgan fingerprint density at radius 1 is 1.56 bits per heavy atom. The molecule has 0 aliphatic heterocycles. The minimum atomic E-state index is -1.27. The van der Waals surface area contributed by atoms with Crippen molar-refractivity contribution in [2.24, 2.45) is 0 Å². The van der Waals surface area contributed by atoms with Crippen molar-refractivity contribution >= 4 is 23.2 Å². The highest BCUT2D eigenvalue weighted by Gasteiger charge is 2.16. The maximum Gasteiger partial charge on any atom is 0.374 e. The lowest BCUT2D eigenvalue weighted by atomic mass is 10.3. The maximum atomic E-state index is 11.6. The van der Waals surface area contributed by atoms with Crippen LogP contribution in [0.5, 0.6) is 0 Å². The van der Waals surface area contributed by atoms with Crippen LogP contribution in [0.25, 0.3) is 0 Å². The van der Waals surface area contributed by atoms with Crippen molar-refractivity contribution in [2.75, 3.05) is 0 Å². The second-order valence-electron chi connectivity index (χ2n) is 3.43. The van der Waals surface area contributed by atoms with E-state index in [2.05, 4.69) is 20.0 Å². The van der Waals surface area contributed by atoms with E-state index in [0.29, 0.717) is 0 Å². The van der Waals surface area contributed by atoms with Gasteiger partial charge in [-0.25, -0.2) is 9.78 Å². The van der Waals surface area contributed by atoms with Gasteiger partial charge in [0.25, 0.3) is 5.91 Å². The van der Waals surface area contributed by atoms with Gasteiger partial charge in [-0.05, 0) is 6.92 Å². The number of carbonyl (C=O) groups is 2. The van der Waals surface area contributed by atoms with E-state index >= 15 is 0 Å². The standard InChI is InChI=1S/C10H9N3O4S/c1-5-3-11-8(18-5)4-12-9(14)6-2-7(10(15)16)17-13-6/h2-3H,4H2,1H3,(H,12,14)(H,15,16). The Bertz CT molecular complexity index is 589. The molecule has 2 rings (SSSR count). The van der Waals surface area contributed by atoms with Crippen LogP contribution in [0.3, 0.4) is 0 Å². The summed E-state index contributed by atoms with van der Waals surface area (Å²) < 4.78 is 4.48. The van der Waals surface area contributed by atoms with E-state index in [1.54, 1.807) is 6.20 Å². The number of nitrogens with one attached hydrogen (secondary N) is 1. The number of nitrogens with zero attached hydrogens (tertiary/aromatic N) is 2. The van der Waals surface area contributed by atoms with Crippen LogP contribution in [0, 0.1) is 6.92 Å². The van der Waals surface area contributed by atoms with Gasteiger partial charge >= 0.3 is 5.97 Å². The van der Waals surface area contributed by atoms with Crippen molar-refractivity contribution in [3.8, 4) is 0 Å². The number of carboxylic acids is 1. The van der Waals surface area contributed by atoms with Crippen LogP contribution in [0.4, 0.5) is 0 Å². The van der Waals surface area contributed by atoms with Gasteiger partial charge in [0.2, 0.25) is 5.76 Å². The second-order valence-corrected chi connectivity index (χ2v) is 4.75. The van der Waals surface area contributed by atoms with E-state index in [1.165, 1.54) is 11.3 Å². The highest BCUT2D eigenvalue weighted by atomic mass is 32.1. The molecule has 7 nitrogen and oxygen atoms in total. The van der Waals surface area contributed by atoms with Crippen LogP contribution in [0.2, 0.25) is 0 Å². The molecule has 0 atom stereocenters. The number of hydrogen-bond donors (Lipinski definition) is 2. The fourth-order valence-electron chi connectivity index (χ4n) is 1.21. The van der Waals surface area contributed by atoms with Gasteiger partial charge in [-0.2, -0.15) is 0 Å². The zero-order valence-electron chi connectivity index (χ0n) is 9.34. The monoisotopic (exact) mass is 267 g/mol. The Hall–Kier alpha value is -2.22. The number of carboxylic acid groups (broad SMARTS) is 1. The molecule has 2 aromatic rings. The average molecular weight is 267 g/mol. The molecule has 2 aromatic heterocycles. The molecule has 0 spiro atoms. The van der Waals surface area contributed by atoms with E-state index in [1.807, 2.05) is 6.92 Å². The van der Waals surface area contributed by atoms with Crippen LogP contribution in [-0.4, -0.2) is 27.1 Å². The normalized spacial score (nSPS) is 10.3. The molecular weight excluding hydrogens is 258 g/mol. The highest BCUT2D eigenvalue weighted by molar-refractivity contribution is 7.11. The van der Waals surface area contributed by atoms with Crippen LogP contribution in [-0.2, 0) is 6.54 Å². The van der Waals surface area contributed by atoms with Crippen LogP contribution in [0.1, 0.15) is 30.9 Å². The third-order valence-corrected chi connectivity index (χ3v) is 2.94. The number of aromatic carboxylic acids is 1. The van der Waals surface area contributed by atoms with E-state index in [-0.39, 0.29) is 18.0 Å². The zero-order chi connectivity index (χ0) is 13.1. The third kappa shape index (κ3) is 2.72. The Kier molecular flexibility index (Phi) is 3.38.